The maximum atomic E-state index is 13.0. The zero-order valence-electron chi connectivity index (χ0n) is 13.2. The molecule has 0 spiro atoms. The maximum Gasteiger partial charge on any atom is 0.277 e. The zero-order chi connectivity index (χ0) is 17.8. The van der Waals surface area contributed by atoms with Crippen LogP contribution >= 0.6 is 0 Å². The number of alkyl halides is 2. The molecule has 23 heavy (non-hydrogen) atoms. The molecule has 0 saturated heterocycles. The van der Waals surface area contributed by atoms with Gasteiger partial charge in [-0.2, -0.15) is 4.31 Å². The van der Waals surface area contributed by atoms with Gasteiger partial charge in [0.05, 0.1) is 18.0 Å². The lowest BCUT2D eigenvalue weighted by Gasteiger charge is -2.21. The van der Waals surface area contributed by atoms with Crippen LogP contribution in [0.2, 0.25) is 0 Å². The number of amides is 1. The van der Waals surface area contributed by atoms with Gasteiger partial charge < -0.3 is 11.1 Å². The zero-order valence-corrected chi connectivity index (χ0v) is 14.0. The normalized spacial score (nSPS) is 12.7. The van der Waals surface area contributed by atoms with Crippen LogP contribution in [-0.4, -0.2) is 50.7 Å². The summed E-state index contributed by atoms with van der Waals surface area (Å²) in [6.07, 6.45) is 0. The fourth-order valence-electron chi connectivity index (χ4n) is 1.63. The predicted octanol–water partition coefficient (Wildman–Crippen LogP) is 1.04. The number of nitrogens with two attached hydrogens (primary N) is 1. The van der Waals surface area contributed by atoms with Gasteiger partial charge in [-0.3, -0.25) is 4.79 Å². The molecule has 0 fully saturated rings. The van der Waals surface area contributed by atoms with Gasteiger partial charge in [0.25, 0.3) is 11.8 Å². The predicted molar refractivity (Wildman–Crippen MR) is 82.9 cm³/mol. The van der Waals surface area contributed by atoms with E-state index in [4.69, 9.17) is 5.73 Å². The van der Waals surface area contributed by atoms with Crippen molar-refractivity contribution in [1.29, 1.82) is 0 Å². The summed E-state index contributed by atoms with van der Waals surface area (Å²) >= 11 is 0. The van der Waals surface area contributed by atoms with Crippen molar-refractivity contribution in [2.75, 3.05) is 20.1 Å². The number of carbonyl (C=O) groups excluding carboxylic acids is 1. The molecule has 1 aromatic carbocycles. The Balaban J connectivity index is 2.99. The highest BCUT2D eigenvalue weighted by Crippen LogP contribution is 2.18. The third-order valence-corrected chi connectivity index (χ3v) is 5.34. The van der Waals surface area contributed by atoms with Crippen LogP contribution in [0.25, 0.3) is 0 Å². The summed E-state index contributed by atoms with van der Waals surface area (Å²) in [5, 5.41) is 2.04. The van der Waals surface area contributed by atoms with Crippen molar-refractivity contribution < 1.29 is 22.0 Å². The minimum Gasteiger partial charge on any atom is -0.346 e. The number of benzene rings is 1. The maximum absolute atomic E-state index is 13.0. The first kappa shape index (κ1) is 19.5. The summed E-state index contributed by atoms with van der Waals surface area (Å²) in [6.45, 7) is 1.62. The van der Waals surface area contributed by atoms with E-state index in [1.807, 2.05) is 5.32 Å². The summed E-state index contributed by atoms with van der Waals surface area (Å²) in [5.74, 6) is -4.00. The number of sulfonamides is 1. The Kier molecular flexibility index (Phi) is 6.20. The first-order valence-electron chi connectivity index (χ1n) is 6.95. The fourth-order valence-corrected chi connectivity index (χ4v) is 3.04. The molecule has 0 aliphatic rings. The van der Waals surface area contributed by atoms with E-state index in [-0.39, 0.29) is 16.5 Å². The van der Waals surface area contributed by atoms with Crippen LogP contribution in [0, 0.1) is 0 Å². The van der Waals surface area contributed by atoms with Gasteiger partial charge in [-0.1, -0.05) is 6.07 Å². The van der Waals surface area contributed by atoms with Gasteiger partial charge in [-0.05, 0) is 32.0 Å². The van der Waals surface area contributed by atoms with Crippen LogP contribution in [-0.2, 0) is 10.0 Å². The molecule has 0 radical (unpaired) electrons. The van der Waals surface area contributed by atoms with Crippen molar-refractivity contribution in [3.8, 4) is 0 Å². The van der Waals surface area contributed by atoms with Crippen LogP contribution in [0.1, 0.15) is 24.2 Å². The molecule has 6 nitrogen and oxygen atoms in total. The number of hydrogen-bond donors (Lipinski definition) is 2. The van der Waals surface area contributed by atoms with E-state index in [2.05, 4.69) is 0 Å². The highest BCUT2D eigenvalue weighted by molar-refractivity contribution is 7.89. The van der Waals surface area contributed by atoms with E-state index in [0.717, 1.165) is 10.4 Å². The molecule has 0 aliphatic carbocycles. The molecule has 1 aromatic rings. The van der Waals surface area contributed by atoms with E-state index >= 15 is 0 Å². The Hall–Kier alpha value is -1.58. The molecule has 0 atom stereocenters. The second kappa shape index (κ2) is 7.33. The molecule has 3 N–H and O–H groups in total. The molecule has 0 heterocycles. The molecule has 0 bridgehead atoms. The Labute approximate surface area is 134 Å². The molecule has 0 aliphatic heterocycles. The van der Waals surface area contributed by atoms with Crippen molar-refractivity contribution in [3.63, 3.8) is 0 Å². The molecule has 1 amide bonds. The summed E-state index contributed by atoms with van der Waals surface area (Å²) < 4.78 is 52.0. The summed E-state index contributed by atoms with van der Waals surface area (Å²) in [4.78, 5) is 11.8. The first-order valence-corrected chi connectivity index (χ1v) is 8.39. The van der Waals surface area contributed by atoms with E-state index in [0.29, 0.717) is 0 Å². The second-order valence-electron chi connectivity index (χ2n) is 5.39. The summed E-state index contributed by atoms with van der Waals surface area (Å²) in [5.41, 5.74) is 4.87. The van der Waals surface area contributed by atoms with E-state index in [1.54, 1.807) is 13.8 Å². The highest BCUT2D eigenvalue weighted by Gasteiger charge is 2.28. The van der Waals surface area contributed by atoms with Crippen molar-refractivity contribution >= 4 is 15.9 Å². The molecular weight excluding hydrogens is 328 g/mol. The number of hydrogen-bond acceptors (Lipinski definition) is 4. The Morgan fingerprint density at radius 2 is 2.00 bits per heavy atom. The van der Waals surface area contributed by atoms with Crippen LogP contribution < -0.4 is 11.1 Å². The van der Waals surface area contributed by atoms with Gasteiger partial charge in [0.15, 0.2) is 0 Å². The van der Waals surface area contributed by atoms with Crippen LogP contribution in [0.5, 0.6) is 0 Å². The lowest BCUT2D eigenvalue weighted by molar-refractivity contribution is 0.0118. The highest BCUT2D eigenvalue weighted by atomic mass is 32.2. The van der Waals surface area contributed by atoms with Gasteiger partial charge in [-0.25, -0.2) is 17.2 Å². The summed E-state index contributed by atoms with van der Waals surface area (Å²) in [7, 11) is -2.33. The Bertz CT molecular complexity index is 663. The number of nitrogens with one attached hydrogen (secondary N) is 1. The van der Waals surface area contributed by atoms with Crippen LogP contribution in [0.3, 0.4) is 0 Å². The standard InChI is InChI=1S/C14H21F2N3O3S/c1-10(2)19(3)23(21,22)12-6-4-5-11(7-12)13(20)18-9-14(15,16)8-17/h4-7,10H,8-9,17H2,1-3H3,(H,18,20). The minimum absolute atomic E-state index is 0.0175. The second-order valence-corrected chi connectivity index (χ2v) is 7.38. The lowest BCUT2D eigenvalue weighted by atomic mass is 10.2. The lowest BCUT2D eigenvalue weighted by Crippen LogP contribution is -2.41. The van der Waals surface area contributed by atoms with Gasteiger partial charge in [0.1, 0.15) is 0 Å². The van der Waals surface area contributed by atoms with Crippen molar-refractivity contribution in [2.45, 2.75) is 30.7 Å². The van der Waals surface area contributed by atoms with Crippen molar-refractivity contribution in [1.82, 2.24) is 9.62 Å². The number of nitrogens with zero attached hydrogens (tertiary/aromatic N) is 1. The number of carbonyl (C=O) groups is 1. The number of halogens is 2. The molecule has 0 unspecified atom stereocenters. The smallest absolute Gasteiger partial charge is 0.277 e. The van der Waals surface area contributed by atoms with Gasteiger partial charge in [0, 0.05) is 18.7 Å². The number of rotatable bonds is 7. The Morgan fingerprint density at radius 1 is 1.39 bits per heavy atom. The van der Waals surface area contributed by atoms with Crippen molar-refractivity contribution in [3.05, 3.63) is 29.8 Å². The monoisotopic (exact) mass is 349 g/mol. The average Bonchev–Trinajstić information content (AvgIpc) is 2.51. The first-order chi connectivity index (χ1) is 10.5. The van der Waals surface area contributed by atoms with Crippen LogP contribution in [0.4, 0.5) is 8.78 Å². The average molecular weight is 349 g/mol. The van der Waals surface area contributed by atoms with Gasteiger partial charge in [0.2, 0.25) is 10.0 Å². The molecule has 9 heteroatoms. The van der Waals surface area contributed by atoms with E-state index < -0.39 is 34.9 Å². The fraction of sp³-hybridized carbons (Fsp3) is 0.500. The third-order valence-electron chi connectivity index (χ3n) is 3.31. The minimum atomic E-state index is -3.76. The van der Waals surface area contributed by atoms with Crippen molar-refractivity contribution in [2.24, 2.45) is 5.73 Å². The van der Waals surface area contributed by atoms with E-state index in [1.165, 1.54) is 25.2 Å². The Morgan fingerprint density at radius 3 is 2.52 bits per heavy atom. The van der Waals surface area contributed by atoms with Gasteiger partial charge >= 0.3 is 0 Å². The largest absolute Gasteiger partial charge is 0.346 e. The SMILES string of the molecule is CC(C)N(C)S(=O)(=O)c1cccc(C(=O)NCC(F)(F)CN)c1. The van der Waals surface area contributed by atoms with E-state index in [9.17, 15) is 22.0 Å². The van der Waals surface area contributed by atoms with Gasteiger partial charge in [-0.15, -0.1) is 0 Å². The molecule has 130 valence electrons. The van der Waals surface area contributed by atoms with Crippen LogP contribution in [0.15, 0.2) is 29.2 Å². The summed E-state index contributed by atoms with van der Waals surface area (Å²) in [6, 6.07) is 4.98. The quantitative estimate of drug-likeness (QED) is 0.769. The molecular formula is C14H21F2N3O3S. The molecule has 0 aromatic heterocycles. The topological polar surface area (TPSA) is 92.5 Å². The third kappa shape index (κ3) is 4.95. The molecule has 0 saturated carbocycles. The molecule has 1 rings (SSSR count).